The Hall–Kier alpha value is -2.51. The Morgan fingerprint density at radius 1 is 1.30 bits per heavy atom. The number of methoxy groups -OCH3 is 1. The van der Waals surface area contributed by atoms with E-state index in [0.717, 1.165) is 0 Å². The van der Waals surface area contributed by atoms with E-state index in [4.69, 9.17) is 4.74 Å². The predicted molar refractivity (Wildman–Crippen MR) is 77.8 cm³/mol. The number of rotatable bonds is 7. The molecule has 0 heterocycles. The quantitative estimate of drug-likeness (QED) is 0.753. The minimum absolute atomic E-state index is 0.182. The summed E-state index contributed by atoms with van der Waals surface area (Å²) < 4.78 is 42.3. The van der Waals surface area contributed by atoms with Gasteiger partial charge >= 0.3 is 12.1 Å². The van der Waals surface area contributed by atoms with Gasteiger partial charge in [-0.1, -0.05) is 18.2 Å². The third-order valence-corrected chi connectivity index (χ3v) is 2.91. The first kappa shape index (κ1) is 18.5. The predicted octanol–water partition coefficient (Wildman–Crippen LogP) is 2.11. The normalized spacial score (nSPS) is 12.2. The molecular formula is C15H17F3N2O3. The molecule has 0 aliphatic rings. The van der Waals surface area contributed by atoms with Gasteiger partial charge in [0.25, 0.3) is 0 Å². The minimum atomic E-state index is -5.03. The molecule has 0 bridgehead atoms. The molecule has 1 aromatic carbocycles. The summed E-state index contributed by atoms with van der Waals surface area (Å²) >= 11 is 0. The zero-order valence-electron chi connectivity index (χ0n) is 12.4. The summed E-state index contributed by atoms with van der Waals surface area (Å²) in [5, 5.41) is 4.28. The molecule has 0 fully saturated rings. The maximum absolute atomic E-state index is 12.4. The van der Waals surface area contributed by atoms with E-state index in [0.29, 0.717) is 11.3 Å². The highest BCUT2D eigenvalue weighted by Crippen LogP contribution is 2.23. The Balaban J connectivity index is 2.92. The second-order valence-corrected chi connectivity index (χ2v) is 4.59. The number of ether oxygens (including phenoxy) is 1. The zero-order chi connectivity index (χ0) is 17.5. The van der Waals surface area contributed by atoms with Crippen molar-refractivity contribution < 1.29 is 27.5 Å². The van der Waals surface area contributed by atoms with Gasteiger partial charge in [0, 0.05) is 6.54 Å². The van der Waals surface area contributed by atoms with Crippen LogP contribution in [0.25, 0.3) is 0 Å². The number of carbonyl (C=O) groups excluding carboxylic acids is 2. The number of hydrogen-bond acceptors (Lipinski definition) is 3. The van der Waals surface area contributed by atoms with Crippen LogP contribution in [0.5, 0.6) is 5.75 Å². The molecule has 1 rings (SSSR count). The van der Waals surface area contributed by atoms with E-state index in [1.165, 1.54) is 37.5 Å². The SMILES string of the molecule is C=CCNC(=O)CC(NC(=O)C(F)(F)F)c1ccc(OC)cc1. The van der Waals surface area contributed by atoms with Gasteiger partial charge in [-0.3, -0.25) is 9.59 Å². The van der Waals surface area contributed by atoms with Crippen LogP contribution < -0.4 is 15.4 Å². The number of carbonyl (C=O) groups is 2. The van der Waals surface area contributed by atoms with Gasteiger partial charge in [0.1, 0.15) is 5.75 Å². The van der Waals surface area contributed by atoms with Crippen molar-refractivity contribution in [1.82, 2.24) is 10.6 Å². The summed E-state index contributed by atoms with van der Waals surface area (Å²) in [6, 6.07) is 4.93. The third kappa shape index (κ3) is 6.01. The van der Waals surface area contributed by atoms with E-state index in [9.17, 15) is 22.8 Å². The molecule has 23 heavy (non-hydrogen) atoms. The molecule has 0 aromatic heterocycles. The van der Waals surface area contributed by atoms with E-state index < -0.39 is 24.0 Å². The lowest BCUT2D eigenvalue weighted by atomic mass is 10.0. The van der Waals surface area contributed by atoms with Crippen LogP contribution in [0.2, 0.25) is 0 Å². The minimum Gasteiger partial charge on any atom is -0.497 e. The fraction of sp³-hybridized carbons (Fsp3) is 0.333. The number of nitrogens with one attached hydrogen (secondary N) is 2. The van der Waals surface area contributed by atoms with E-state index in [2.05, 4.69) is 11.9 Å². The zero-order valence-corrected chi connectivity index (χ0v) is 12.4. The number of halogens is 3. The van der Waals surface area contributed by atoms with Crippen molar-refractivity contribution in [1.29, 1.82) is 0 Å². The lowest BCUT2D eigenvalue weighted by Gasteiger charge is -2.20. The van der Waals surface area contributed by atoms with Crippen LogP contribution in [0.15, 0.2) is 36.9 Å². The fourth-order valence-corrected chi connectivity index (χ4v) is 1.77. The number of alkyl halides is 3. The molecule has 1 aromatic rings. The highest BCUT2D eigenvalue weighted by molar-refractivity contribution is 5.83. The van der Waals surface area contributed by atoms with Crippen molar-refractivity contribution in [2.24, 2.45) is 0 Å². The van der Waals surface area contributed by atoms with E-state index >= 15 is 0 Å². The van der Waals surface area contributed by atoms with Gasteiger partial charge in [-0.25, -0.2) is 0 Å². The van der Waals surface area contributed by atoms with Crippen molar-refractivity contribution in [3.05, 3.63) is 42.5 Å². The standard InChI is InChI=1S/C15H17F3N2O3/c1-3-8-19-13(21)9-12(20-14(22)15(16,17)18)10-4-6-11(23-2)7-5-10/h3-7,12H,1,8-9H2,2H3,(H,19,21)(H,20,22). The average molecular weight is 330 g/mol. The summed E-state index contributed by atoms with van der Waals surface area (Å²) in [5.74, 6) is -2.10. The largest absolute Gasteiger partial charge is 0.497 e. The van der Waals surface area contributed by atoms with Crippen LogP contribution in [0, 0.1) is 0 Å². The molecule has 1 unspecified atom stereocenters. The molecule has 0 radical (unpaired) electrons. The van der Waals surface area contributed by atoms with Gasteiger partial charge in [0.05, 0.1) is 19.6 Å². The highest BCUT2D eigenvalue weighted by Gasteiger charge is 2.40. The monoisotopic (exact) mass is 330 g/mol. The lowest BCUT2D eigenvalue weighted by molar-refractivity contribution is -0.174. The van der Waals surface area contributed by atoms with Crippen LogP contribution in [0.1, 0.15) is 18.0 Å². The molecule has 2 N–H and O–H groups in total. The fourth-order valence-electron chi connectivity index (χ4n) is 1.77. The van der Waals surface area contributed by atoms with Crippen molar-refractivity contribution in [2.75, 3.05) is 13.7 Å². The molecule has 0 spiro atoms. The number of hydrogen-bond donors (Lipinski definition) is 2. The first-order valence-electron chi connectivity index (χ1n) is 6.67. The van der Waals surface area contributed by atoms with Crippen molar-refractivity contribution in [3.63, 3.8) is 0 Å². The molecule has 0 aliphatic carbocycles. The van der Waals surface area contributed by atoms with Gasteiger partial charge < -0.3 is 15.4 Å². The van der Waals surface area contributed by atoms with Crippen molar-refractivity contribution in [3.8, 4) is 5.75 Å². The number of amides is 2. The summed E-state index contributed by atoms with van der Waals surface area (Å²) in [4.78, 5) is 22.9. The van der Waals surface area contributed by atoms with Gasteiger partial charge in [0.2, 0.25) is 5.91 Å². The van der Waals surface area contributed by atoms with Gasteiger partial charge in [0.15, 0.2) is 0 Å². The Morgan fingerprint density at radius 2 is 1.91 bits per heavy atom. The van der Waals surface area contributed by atoms with Gasteiger partial charge in [-0.15, -0.1) is 6.58 Å². The summed E-state index contributed by atoms with van der Waals surface area (Å²) in [7, 11) is 1.45. The maximum atomic E-state index is 12.4. The van der Waals surface area contributed by atoms with Gasteiger partial charge in [-0.05, 0) is 17.7 Å². The first-order valence-corrected chi connectivity index (χ1v) is 6.67. The molecule has 126 valence electrons. The van der Waals surface area contributed by atoms with Crippen LogP contribution in [0.3, 0.4) is 0 Å². The summed E-state index contributed by atoms with van der Waals surface area (Å²) in [6.45, 7) is 3.60. The summed E-state index contributed by atoms with van der Waals surface area (Å²) in [6.07, 6.45) is -3.92. The summed E-state index contributed by atoms with van der Waals surface area (Å²) in [5.41, 5.74) is 0.358. The van der Waals surface area contributed by atoms with Gasteiger partial charge in [-0.2, -0.15) is 13.2 Å². The van der Waals surface area contributed by atoms with E-state index in [1.54, 1.807) is 0 Å². The number of benzene rings is 1. The van der Waals surface area contributed by atoms with Crippen molar-refractivity contribution >= 4 is 11.8 Å². The second-order valence-electron chi connectivity index (χ2n) is 4.59. The Bertz CT molecular complexity index is 556. The van der Waals surface area contributed by atoms with Crippen LogP contribution >= 0.6 is 0 Å². The Morgan fingerprint density at radius 3 is 2.39 bits per heavy atom. The van der Waals surface area contributed by atoms with E-state index in [1.807, 2.05) is 5.32 Å². The molecule has 8 heteroatoms. The molecule has 0 saturated heterocycles. The average Bonchev–Trinajstić information content (AvgIpc) is 2.51. The lowest BCUT2D eigenvalue weighted by Crippen LogP contribution is -2.41. The molecule has 1 atom stereocenters. The van der Waals surface area contributed by atoms with Crippen molar-refractivity contribution in [2.45, 2.75) is 18.6 Å². The second kappa shape index (κ2) is 8.21. The topological polar surface area (TPSA) is 67.4 Å². The van der Waals surface area contributed by atoms with E-state index in [-0.39, 0.29) is 13.0 Å². The van der Waals surface area contributed by atoms with Crippen LogP contribution in [-0.2, 0) is 9.59 Å². The van der Waals surface area contributed by atoms with Crippen LogP contribution in [-0.4, -0.2) is 31.6 Å². The maximum Gasteiger partial charge on any atom is 0.471 e. The van der Waals surface area contributed by atoms with Crippen LogP contribution in [0.4, 0.5) is 13.2 Å². The first-order chi connectivity index (χ1) is 10.8. The Labute approximate surface area is 131 Å². The smallest absolute Gasteiger partial charge is 0.471 e. The third-order valence-electron chi connectivity index (χ3n) is 2.91. The molecule has 0 aliphatic heterocycles. The Kier molecular flexibility index (Phi) is 6.62. The molecule has 5 nitrogen and oxygen atoms in total. The molecule has 0 saturated carbocycles. The molecular weight excluding hydrogens is 313 g/mol. The highest BCUT2D eigenvalue weighted by atomic mass is 19.4. The molecule has 2 amide bonds.